The van der Waals surface area contributed by atoms with Crippen LogP contribution in [0.25, 0.3) is 0 Å². The molecule has 0 aliphatic rings. The van der Waals surface area contributed by atoms with Crippen molar-refractivity contribution in [1.82, 2.24) is 0 Å². The minimum atomic E-state index is 0.403. The smallest absolute Gasteiger partial charge is 0.00607 e. The molecule has 1 atom stereocenters. The normalized spacial score (nSPS) is 12.8. The lowest BCUT2D eigenvalue weighted by molar-refractivity contribution is 0.922. The molecule has 1 aromatic carbocycles. The van der Waals surface area contributed by atoms with Crippen molar-refractivity contribution in [3.8, 4) is 0 Å². The molecule has 0 bridgehead atoms. The third kappa shape index (κ3) is 5.35. The largest absolute Gasteiger partial charge is 0.0988 e. The molecule has 0 aromatic heterocycles. The van der Waals surface area contributed by atoms with Gasteiger partial charge in [-0.1, -0.05) is 82.0 Å². The van der Waals surface area contributed by atoms with Crippen molar-refractivity contribution >= 4 is 0 Å². The van der Waals surface area contributed by atoms with Crippen LogP contribution in [0.15, 0.2) is 66.8 Å². The second-order valence-corrected chi connectivity index (χ2v) is 3.53. The summed E-state index contributed by atoms with van der Waals surface area (Å²) in [5, 5.41) is 0. The molecule has 1 unspecified atom stereocenters. The van der Waals surface area contributed by atoms with E-state index in [2.05, 4.69) is 49.9 Å². The van der Waals surface area contributed by atoms with Crippen LogP contribution in [0, 0.1) is 0 Å². The van der Waals surface area contributed by atoms with E-state index >= 15 is 0 Å². The molecule has 1 rings (SSSR count). The van der Waals surface area contributed by atoms with Gasteiger partial charge in [-0.3, -0.25) is 0 Å². The van der Waals surface area contributed by atoms with Crippen LogP contribution < -0.4 is 0 Å². The van der Waals surface area contributed by atoms with Gasteiger partial charge in [0.15, 0.2) is 0 Å². The van der Waals surface area contributed by atoms with Crippen LogP contribution in [0.2, 0.25) is 0 Å². The van der Waals surface area contributed by atoms with Crippen molar-refractivity contribution in [3.05, 3.63) is 72.4 Å². The predicted octanol–water partition coefficient (Wildman–Crippen LogP) is 5.50. The van der Waals surface area contributed by atoms with Gasteiger partial charge in [0, 0.05) is 5.92 Å². The molecule has 0 spiro atoms. The molecule has 1 aromatic rings. The van der Waals surface area contributed by atoms with Crippen LogP contribution in [0.1, 0.15) is 39.2 Å². The second-order valence-electron chi connectivity index (χ2n) is 3.53. The van der Waals surface area contributed by atoms with Gasteiger partial charge in [0.1, 0.15) is 0 Å². The summed E-state index contributed by atoms with van der Waals surface area (Å²) >= 11 is 0. The van der Waals surface area contributed by atoms with E-state index in [1.165, 1.54) is 11.1 Å². The first-order chi connectivity index (χ1) is 8.29. The Hall–Kier alpha value is -1.56. The first-order valence-corrected chi connectivity index (χ1v) is 6.29. The zero-order valence-corrected chi connectivity index (χ0v) is 11.5. The number of rotatable bonds is 4. The first kappa shape index (κ1) is 15.4. The molecule has 0 saturated heterocycles. The fraction of sp³-hybridized carbons (Fsp3) is 0.294. The Kier molecular flexibility index (Phi) is 8.77. The highest BCUT2D eigenvalue weighted by Gasteiger charge is 2.06. The van der Waals surface area contributed by atoms with E-state index in [1.807, 2.05) is 39.0 Å². The lowest BCUT2D eigenvalue weighted by Gasteiger charge is -2.12. The Morgan fingerprint density at radius 2 is 1.76 bits per heavy atom. The van der Waals surface area contributed by atoms with E-state index in [0.29, 0.717) is 5.92 Å². The molecule has 0 fully saturated rings. The van der Waals surface area contributed by atoms with Crippen molar-refractivity contribution in [2.45, 2.75) is 33.6 Å². The maximum atomic E-state index is 3.86. The summed E-state index contributed by atoms with van der Waals surface area (Å²) in [6.07, 6.45) is 8.12. The summed E-state index contributed by atoms with van der Waals surface area (Å²) in [6, 6.07) is 10.5. The topological polar surface area (TPSA) is 0 Å². The molecule has 0 amide bonds. The van der Waals surface area contributed by atoms with Gasteiger partial charge in [-0.2, -0.15) is 0 Å². The molecule has 0 heteroatoms. The standard InChI is InChI=1S/C15H18.C2H6/c1-4-6-10-14(5-2)13(3)15-11-8-7-9-12-15;1-2/h4-13H,2H2,1,3H3;1-2H3/b6-4-,14-10+;. The van der Waals surface area contributed by atoms with Crippen molar-refractivity contribution in [2.24, 2.45) is 0 Å². The van der Waals surface area contributed by atoms with Gasteiger partial charge in [-0.15, -0.1) is 0 Å². The minimum Gasteiger partial charge on any atom is -0.0988 e. The SMILES string of the molecule is C=C/C(=C\C=C/C)C(C)c1ccccc1.CC. The molecule has 0 saturated carbocycles. The van der Waals surface area contributed by atoms with Crippen LogP contribution in [-0.2, 0) is 0 Å². The van der Waals surface area contributed by atoms with E-state index in [4.69, 9.17) is 0 Å². The van der Waals surface area contributed by atoms with Crippen molar-refractivity contribution in [1.29, 1.82) is 0 Å². The van der Waals surface area contributed by atoms with Crippen molar-refractivity contribution < 1.29 is 0 Å². The average molecular weight is 228 g/mol. The molecule has 0 aliphatic heterocycles. The van der Waals surface area contributed by atoms with E-state index < -0.39 is 0 Å². The van der Waals surface area contributed by atoms with Gasteiger partial charge >= 0.3 is 0 Å². The van der Waals surface area contributed by atoms with Gasteiger partial charge in [-0.05, 0) is 18.1 Å². The Morgan fingerprint density at radius 1 is 1.18 bits per heavy atom. The van der Waals surface area contributed by atoms with E-state index in [-0.39, 0.29) is 0 Å². The molecule has 0 radical (unpaired) electrons. The van der Waals surface area contributed by atoms with Crippen LogP contribution in [-0.4, -0.2) is 0 Å². The monoisotopic (exact) mass is 228 g/mol. The quantitative estimate of drug-likeness (QED) is 0.596. The lowest BCUT2D eigenvalue weighted by Crippen LogP contribution is -1.95. The maximum Gasteiger partial charge on any atom is 0.00607 e. The van der Waals surface area contributed by atoms with Crippen LogP contribution in [0.4, 0.5) is 0 Å². The fourth-order valence-electron chi connectivity index (χ4n) is 1.53. The average Bonchev–Trinajstić information content (AvgIpc) is 2.42. The molecule has 0 N–H and O–H groups in total. The Bertz CT molecular complexity index is 355. The molecular weight excluding hydrogens is 204 g/mol. The Morgan fingerprint density at radius 3 is 2.24 bits per heavy atom. The molecule has 0 aliphatic carbocycles. The van der Waals surface area contributed by atoms with Gasteiger partial charge < -0.3 is 0 Å². The van der Waals surface area contributed by atoms with E-state index in [9.17, 15) is 0 Å². The highest BCUT2D eigenvalue weighted by molar-refractivity contribution is 5.35. The zero-order valence-electron chi connectivity index (χ0n) is 11.5. The Balaban J connectivity index is 0.00000121. The van der Waals surface area contributed by atoms with Gasteiger partial charge in [0.25, 0.3) is 0 Å². The summed E-state index contributed by atoms with van der Waals surface area (Å²) < 4.78 is 0. The molecule has 0 heterocycles. The highest BCUT2D eigenvalue weighted by Crippen LogP contribution is 2.24. The van der Waals surface area contributed by atoms with Crippen LogP contribution in [0.5, 0.6) is 0 Å². The number of allylic oxidation sites excluding steroid dienone is 5. The zero-order chi connectivity index (χ0) is 13.1. The summed E-state index contributed by atoms with van der Waals surface area (Å²) in [5.74, 6) is 0.403. The summed E-state index contributed by atoms with van der Waals surface area (Å²) in [7, 11) is 0. The molecular formula is C17H24. The first-order valence-electron chi connectivity index (χ1n) is 6.29. The minimum absolute atomic E-state index is 0.403. The van der Waals surface area contributed by atoms with Gasteiger partial charge in [0.2, 0.25) is 0 Å². The van der Waals surface area contributed by atoms with Crippen molar-refractivity contribution in [3.63, 3.8) is 0 Å². The van der Waals surface area contributed by atoms with E-state index in [0.717, 1.165) is 0 Å². The lowest BCUT2D eigenvalue weighted by atomic mass is 9.92. The highest BCUT2D eigenvalue weighted by atomic mass is 14.1. The van der Waals surface area contributed by atoms with E-state index in [1.54, 1.807) is 0 Å². The van der Waals surface area contributed by atoms with Gasteiger partial charge in [-0.25, -0.2) is 0 Å². The van der Waals surface area contributed by atoms with Crippen molar-refractivity contribution in [2.75, 3.05) is 0 Å². The summed E-state index contributed by atoms with van der Waals surface area (Å²) in [5.41, 5.74) is 2.58. The summed E-state index contributed by atoms with van der Waals surface area (Å²) in [4.78, 5) is 0. The van der Waals surface area contributed by atoms with Gasteiger partial charge in [0.05, 0.1) is 0 Å². The molecule has 92 valence electrons. The summed E-state index contributed by atoms with van der Waals surface area (Å²) in [6.45, 7) is 12.1. The van der Waals surface area contributed by atoms with Crippen LogP contribution >= 0.6 is 0 Å². The molecule has 0 nitrogen and oxygen atoms in total. The fourth-order valence-corrected chi connectivity index (χ4v) is 1.53. The third-order valence-electron chi connectivity index (χ3n) is 2.52. The van der Waals surface area contributed by atoms with Crippen LogP contribution in [0.3, 0.4) is 0 Å². The molecule has 17 heavy (non-hydrogen) atoms. The second kappa shape index (κ2) is 9.65. The number of hydrogen-bond donors (Lipinski definition) is 0. The Labute approximate surface area is 106 Å². The number of hydrogen-bond acceptors (Lipinski definition) is 0. The predicted molar refractivity (Wildman–Crippen MR) is 79.3 cm³/mol. The number of benzene rings is 1. The maximum absolute atomic E-state index is 3.86. The third-order valence-corrected chi connectivity index (χ3v) is 2.52.